The van der Waals surface area contributed by atoms with Crippen LogP contribution >= 0.6 is 11.6 Å². The fraction of sp³-hybridized carbons (Fsp3) is 0.176. The fourth-order valence-corrected chi connectivity index (χ4v) is 2.04. The lowest BCUT2D eigenvalue weighted by Crippen LogP contribution is -2.13. The molecule has 0 unspecified atom stereocenters. The molecule has 0 fully saturated rings. The van der Waals surface area contributed by atoms with E-state index in [0.717, 1.165) is 5.56 Å². The summed E-state index contributed by atoms with van der Waals surface area (Å²) in [5.41, 5.74) is 2.66. The summed E-state index contributed by atoms with van der Waals surface area (Å²) in [5.74, 6) is -0.324. The van der Waals surface area contributed by atoms with Gasteiger partial charge in [0.05, 0.1) is 0 Å². The Morgan fingerprint density at radius 2 is 1.73 bits per heavy atom. The van der Waals surface area contributed by atoms with Gasteiger partial charge in [-0.2, -0.15) is 0 Å². The molecule has 0 bridgehead atoms. The summed E-state index contributed by atoms with van der Waals surface area (Å²) in [7, 11) is 0. The number of carbonyl (C=O) groups excluding carboxylic acids is 2. The minimum atomic E-state index is -0.249. The second-order valence-corrected chi connectivity index (χ2v) is 5.31. The largest absolute Gasteiger partial charge is 0.326 e. The number of benzene rings is 2. The molecule has 2 aromatic rings. The maximum Gasteiger partial charge on any atom is 0.255 e. The highest BCUT2D eigenvalue weighted by Crippen LogP contribution is 2.19. The predicted molar refractivity (Wildman–Crippen MR) is 89.5 cm³/mol. The van der Waals surface area contributed by atoms with Crippen LogP contribution in [-0.2, 0) is 4.79 Å². The number of rotatable bonds is 4. The lowest BCUT2D eigenvalue weighted by molar-refractivity contribution is -0.115. The molecule has 2 N–H and O–H groups in total. The Balaban J connectivity index is 2.12. The van der Waals surface area contributed by atoms with Gasteiger partial charge < -0.3 is 10.6 Å². The summed E-state index contributed by atoms with van der Waals surface area (Å²) >= 11 is 6.03. The number of halogens is 1. The van der Waals surface area contributed by atoms with Gasteiger partial charge in [0.2, 0.25) is 5.91 Å². The molecular weight excluding hydrogens is 300 g/mol. The van der Waals surface area contributed by atoms with E-state index in [1.165, 1.54) is 0 Å². The molecule has 22 heavy (non-hydrogen) atoms. The van der Waals surface area contributed by atoms with Gasteiger partial charge in [-0.15, -0.1) is 0 Å². The standard InChI is InChI=1S/C17H17ClN2O2/c1-3-16(21)19-13-5-4-6-14(10-13)20-17(22)12-8-7-11(2)15(18)9-12/h4-10H,3H2,1-2H3,(H,19,21)(H,20,22). The van der Waals surface area contributed by atoms with Crippen molar-refractivity contribution in [2.45, 2.75) is 20.3 Å². The molecular formula is C17H17ClN2O2. The van der Waals surface area contributed by atoms with E-state index in [9.17, 15) is 9.59 Å². The van der Waals surface area contributed by atoms with Gasteiger partial charge in [-0.05, 0) is 42.8 Å². The molecule has 0 atom stereocenters. The molecule has 0 radical (unpaired) electrons. The first-order valence-electron chi connectivity index (χ1n) is 6.97. The van der Waals surface area contributed by atoms with Gasteiger partial charge in [-0.3, -0.25) is 9.59 Å². The SMILES string of the molecule is CCC(=O)Nc1cccc(NC(=O)c2ccc(C)c(Cl)c2)c1. The molecule has 5 heteroatoms. The average molecular weight is 317 g/mol. The van der Waals surface area contributed by atoms with Crippen LogP contribution in [0.25, 0.3) is 0 Å². The van der Waals surface area contributed by atoms with Crippen molar-refractivity contribution >= 4 is 34.8 Å². The number of amides is 2. The third-order valence-corrected chi connectivity index (χ3v) is 3.57. The topological polar surface area (TPSA) is 58.2 Å². The van der Waals surface area contributed by atoms with E-state index >= 15 is 0 Å². The van der Waals surface area contributed by atoms with Crippen LogP contribution in [0.1, 0.15) is 29.3 Å². The lowest BCUT2D eigenvalue weighted by atomic mass is 10.1. The van der Waals surface area contributed by atoms with Crippen LogP contribution in [0.3, 0.4) is 0 Å². The van der Waals surface area contributed by atoms with E-state index in [1.807, 2.05) is 6.92 Å². The van der Waals surface area contributed by atoms with E-state index in [2.05, 4.69) is 10.6 Å². The van der Waals surface area contributed by atoms with Crippen LogP contribution in [-0.4, -0.2) is 11.8 Å². The maximum absolute atomic E-state index is 12.2. The minimum Gasteiger partial charge on any atom is -0.326 e. The monoisotopic (exact) mass is 316 g/mol. The number of carbonyl (C=O) groups is 2. The Morgan fingerprint density at radius 3 is 2.36 bits per heavy atom. The molecule has 0 aliphatic carbocycles. The quantitative estimate of drug-likeness (QED) is 0.886. The van der Waals surface area contributed by atoms with E-state index in [4.69, 9.17) is 11.6 Å². The number of hydrogen-bond donors (Lipinski definition) is 2. The molecule has 2 amide bonds. The minimum absolute atomic E-state index is 0.0752. The normalized spacial score (nSPS) is 10.1. The van der Waals surface area contributed by atoms with E-state index < -0.39 is 0 Å². The van der Waals surface area contributed by atoms with Crippen LogP contribution in [0.4, 0.5) is 11.4 Å². The van der Waals surface area contributed by atoms with Gasteiger partial charge in [-0.25, -0.2) is 0 Å². The van der Waals surface area contributed by atoms with Crippen LogP contribution in [0.5, 0.6) is 0 Å². The average Bonchev–Trinajstić information content (AvgIpc) is 2.50. The highest BCUT2D eigenvalue weighted by Gasteiger charge is 2.08. The molecule has 0 saturated heterocycles. The molecule has 0 saturated carbocycles. The molecule has 2 rings (SSSR count). The van der Waals surface area contributed by atoms with Crippen LogP contribution in [0.2, 0.25) is 5.02 Å². The van der Waals surface area contributed by atoms with Crippen molar-refractivity contribution in [3.05, 3.63) is 58.6 Å². The van der Waals surface area contributed by atoms with Crippen LogP contribution in [0, 0.1) is 6.92 Å². The first kappa shape index (κ1) is 16.0. The van der Waals surface area contributed by atoms with Crippen molar-refractivity contribution in [3.63, 3.8) is 0 Å². The highest BCUT2D eigenvalue weighted by molar-refractivity contribution is 6.31. The van der Waals surface area contributed by atoms with Crippen molar-refractivity contribution in [3.8, 4) is 0 Å². The van der Waals surface area contributed by atoms with E-state index in [0.29, 0.717) is 28.4 Å². The van der Waals surface area contributed by atoms with E-state index in [1.54, 1.807) is 49.4 Å². The molecule has 2 aromatic carbocycles. The lowest BCUT2D eigenvalue weighted by Gasteiger charge is -2.09. The van der Waals surface area contributed by atoms with Gasteiger partial charge in [0.1, 0.15) is 0 Å². The first-order chi connectivity index (χ1) is 10.5. The molecule has 114 valence electrons. The Hall–Kier alpha value is -2.33. The third kappa shape index (κ3) is 4.09. The van der Waals surface area contributed by atoms with Gasteiger partial charge in [0.15, 0.2) is 0 Å². The molecule has 0 aliphatic heterocycles. The summed E-state index contributed by atoms with van der Waals surface area (Å²) in [6.07, 6.45) is 0.401. The summed E-state index contributed by atoms with van der Waals surface area (Å²) in [6, 6.07) is 12.2. The van der Waals surface area contributed by atoms with Crippen molar-refractivity contribution in [1.82, 2.24) is 0 Å². The zero-order valence-corrected chi connectivity index (χ0v) is 13.2. The van der Waals surface area contributed by atoms with Gasteiger partial charge in [0.25, 0.3) is 5.91 Å². The summed E-state index contributed by atoms with van der Waals surface area (Å²) < 4.78 is 0. The predicted octanol–water partition coefficient (Wildman–Crippen LogP) is 4.25. The molecule has 0 aromatic heterocycles. The van der Waals surface area contributed by atoms with Gasteiger partial charge >= 0.3 is 0 Å². The smallest absolute Gasteiger partial charge is 0.255 e. The highest BCUT2D eigenvalue weighted by atomic mass is 35.5. The van der Waals surface area contributed by atoms with Gasteiger partial charge in [-0.1, -0.05) is 30.7 Å². The summed E-state index contributed by atoms with van der Waals surface area (Å²) in [4.78, 5) is 23.6. The second-order valence-electron chi connectivity index (χ2n) is 4.90. The molecule has 0 heterocycles. The van der Waals surface area contributed by atoms with Gasteiger partial charge in [0, 0.05) is 28.4 Å². The van der Waals surface area contributed by atoms with E-state index in [-0.39, 0.29) is 11.8 Å². The number of anilines is 2. The molecule has 0 spiro atoms. The zero-order valence-electron chi connectivity index (χ0n) is 12.4. The van der Waals surface area contributed by atoms with Crippen molar-refractivity contribution in [1.29, 1.82) is 0 Å². The van der Waals surface area contributed by atoms with Crippen molar-refractivity contribution in [2.75, 3.05) is 10.6 Å². The number of aryl methyl sites for hydroxylation is 1. The number of nitrogens with one attached hydrogen (secondary N) is 2. The Morgan fingerprint density at radius 1 is 1.05 bits per heavy atom. The summed E-state index contributed by atoms with van der Waals surface area (Å²) in [5, 5.41) is 6.09. The van der Waals surface area contributed by atoms with Crippen molar-refractivity contribution in [2.24, 2.45) is 0 Å². The first-order valence-corrected chi connectivity index (χ1v) is 7.35. The maximum atomic E-state index is 12.2. The fourth-order valence-electron chi connectivity index (χ4n) is 1.86. The third-order valence-electron chi connectivity index (χ3n) is 3.16. The van der Waals surface area contributed by atoms with Crippen molar-refractivity contribution < 1.29 is 9.59 Å². The van der Waals surface area contributed by atoms with Crippen LogP contribution < -0.4 is 10.6 Å². The number of hydrogen-bond acceptors (Lipinski definition) is 2. The second kappa shape index (κ2) is 7.09. The Labute approximate surface area is 134 Å². The Kier molecular flexibility index (Phi) is 5.17. The molecule has 0 aliphatic rings. The summed E-state index contributed by atoms with van der Waals surface area (Å²) in [6.45, 7) is 3.66. The molecule has 4 nitrogen and oxygen atoms in total. The van der Waals surface area contributed by atoms with Crippen LogP contribution in [0.15, 0.2) is 42.5 Å². The Bertz CT molecular complexity index is 714. The zero-order chi connectivity index (χ0) is 16.1.